The van der Waals surface area contributed by atoms with Crippen molar-refractivity contribution in [3.8, 4) is 6.07 Å². The van der Waals surface area contributed by atoms with E-state index in [4.69, 9.17) is 5.26 Å². The van der Waals surface area contributed by atoms with Crippen LogP contribution in [0.4, 0.5) is 0 Å². The third kappa shape index (κ3) is 0.875. The third-order valence-electron chi connectivity index (χ3n) is 3.25. The monoisotopic (exact) mass is 149 g/mol. The summed E-state index contributed by atoms with van der Waals surface area (Å²) in [4.78, 5) is 10.5. The summed E-state index contributed by atoms with van der Waals surface area (Å²) in [6, 6.07) is 2.32. The molecule has 0 aromatic heterocycles. The van der Waals surface area contributed by atoms with Crippen molar-refractivity contribution in [2.75, 3.05) is 0 Å². The van der Waals surface area contributed by atoms with Crippen LogP contribution in [-0.4, -0.2) is 6.29 Å². The molecule has 11 heavy (non-hydrogen) atoms. The van der Waals surface area contributed by atoms with Crippen LogP contribution in [0.1, 0.15) is 19.3 Å². The molecule has 0 N–H and O–H groups in total. The van der Waals surface area contributed by atoms with E-state index in [0.717, 1.165) is 25.5 Å². The van der Waals surface area contributed by atoms with Crippen LogP contribution in [0.3, 0.4) is 0 Å². The quantitative estimate of drug-likeness (QED) is 0.528. The van der Waals surface area contributed by atoms with Gasteiger partial charge in [-0.15, -0.1) is 0 Å². The lowest BCUT2D eigenvalue weighted by atomic mass is 9.84. The van der Waals surface area contributed by atoms with Gasteiger partial charge in [0, 0.05) is 11.8 Å². The predicted octanol–water partition coefficient (Wildman–Crippen LogP) is 1.37. The predicted molar refractivity (Wildman–Crippen MR) is 39.5 cm³/mol. The molecule has 0 aromatic rings. The van der Waals surface area contributed by atoms with Gasteiger partial charge in [-0.1, -0.05) is 0 Å². The average Bonchev–Trinajstić information content (AvgIpc) is 2.60. The molecule has 4 atom stereocenters. The van der Waals surface area contributed by atoms with E-state index in [1.807, 2.05) is 0 Å². The molecule has 0 unspecified atom stereocenters. The van der Waals surface area contributed by atoms with Crippen LogP contribution in [0, 0.1) is 35.0 Å². The number of hydrogen-bond acceptors (Lipinski definition) is 2. The first-order chi connectivity index (χ1) is 5.35. The van der Waals surface area contributed by atoms with Crippen molar-refractivity contribution >= 4 is 6.29 Å². The van der Waals surface area contributed by atoms with Gasteiger partial charge in [0.1, 0.15) is 6.29 Å². The number of aldehydes is 1. The van der Waals surface area contributed by atoms with E-state index < -0.39 is 0 Å². The Morgan fingerprint density at radius 2 is 2.09 bits per heavy atom. The summed E-state index contributed by atoms with van der Waals surface area (Å²) in [6.45, 7) is 0. The second-order valence-electron chi connectivity index (χ2n) is 3.76. The Bertz CT molecular complexity index is 218. The van der Waals surface area contributed by atoms with Crippen molar-refractivity contribution in [3.63, 3.8) is 0 Å². The molecule has 2 heteroatoms. The largest absolute Gasteiger partial charge is 0.303 e. The SMILES string of the molecule is N#C[C@@H]1C[C@H]2C[C@H]1C[C@@H]2C=O. The van der Waals surface area contributed by atoms with Crippen LogP contribution < -0.4 is 0 Å². The molecule has 0 aromatic carbocycles. The van der Waals surface area contributed by atoms with E-state index in [-0.39, 0.29) is 11.8 Å². The number of rotatable bonds is 1. The van der Waals surface area contributed by atoms with E-state index >= 15 is 0 Å². The van der Waals surface area contributed by atoms with E-state index in [9.17, 15) is 4.79 Å². The molecular weight excluding hydrogens is 138 g/mol. The number of carbonyl (C=O) groups excluding carboxylic acids is 1. The molecule has 0 spiro atoms. The molecule has 0 heterocycles. The third-order valence-corrected chi connectivity index (χ3v) is 3.25. The molecule has 2 nitrogen and oxygen atoms in total. The summed E-state index contributed by atoms with van der Waals surface area (Å²) in [5.41, 5.74) is 0. The molecule has 0 saturated heterocycles. The van der Waals surface area contributed by atoms with E-state index in [0.29, 0.717) is 11.8 Å². The van der Waals surface area contributed by atoms with Gasteiger partial charge in [0.25, 0.3) is 0 Å². The number of nitrogens with zero attached hydrogens (tertiary/aromatic N) is 1. The van der Waals surface area contributed by atoms with Gasteiger partial charge in [-0.25, -0.2) is 0 Å². The Labute approximate surface area is 66.2 Å². The van der Waals surface area contributed by atoms with Crippen molar-refractivity contribution in [1.29, 1.82) is 5.26 Å². The molecule has 0 radical (unpaired) electrons. The highest BCUT2D eigenvalue weighted by Crippen LogP contribution is 2.50. The number of carbonyl (C=O) groups is 1. The fraction of sp³-hybridized carbons (Fsp3) is 0.778. The molecular formula is C9H11NO. The summed E-state index contributed by atoms with van der Waals surface area (Å²) in [5.74, 6) is 1.63. The molecule has 2 fully saturated rings. The smallest absolute Gasteiger partial charge is 0.123 e. The average molecular weight is 149 g/mol. The first kappa shape index (κ1) is 6.84. The lowest BCUT2D eigenvalue weighted by molar-refractivity contribution is -0.112. The summed E-state index contributed by atoms with van der Waals surface area (Å²) in [6.07, 6.45) is 4.16. The summed E-state index contributed by atoms with van der Waals surface area (Å²) < 4.78 is 0. The maximum absolute atomic E-state index is 10.5. The molecule has 2 saturated carbocycles. The van der Waals surface area contributed by atoms with Crippen molar-refractivity contribution in [2.45, 2.75) is 19.3 Å². The Hall–Kier alpha value is -0.840. The van der Waals surface area contributed by atoms with Gasteiger partial charge in [0.15, 0.2) is 0 Å². The van der Waals surface area contributed by atoms with Crippen molar-refractivity contribution in [2.24, 2.45) is 23.7 Å². The fourth-order valence-corrected chi connectivity index (χ4v) is 2.64. The van der Waals surface area contributed by atoms with Gasteiger partial charge in [0.2, 0.25) is 0 Å². The van der Waals surface area contributed by atoms with Crippen LogP contribution in [0.5, 0.6) is 0 Å². The standard InChI is InChI=1S/C9H11NO/c10-4-8-2-7-1-6(8)3-9(7)5-11/h5-9H,1-3H2/t6-,7+,8-,9+/m0/s1. The summed E-state index contributed by atoms with van der Waals surface area (Å²) in [5, 5.41) is 8.71. The van der Waals surface area contributed by atoms with Crippen LogP contribution in [0.15, 0.2) is 0 Å². The zero-order valence-electron chi connectivity index (χ0n) is 6.36. The highest BCUT2D eigenvalue weighted by Gasteiger charge is 2.45. The van der Waals surface area contributed by atoms with Crippen molar-refractivity contribution < 1.29 is 4.79 Å². The Morgan fingerprint density at radius 3 is 2.55 bits per heavy atom. The van der Waals surface area contributed by atoms with Crippen LogP contribution in [0.25, 0.3) is 0 Å². The van der Waals surface area contributed by atoms with E-state index in [2.05, 4.69) is 6.07 Å². The van der Waals surface area contributed by atoms with Gasteiger partial charge < -0.3 is 4.79 Å². The number of fused-ring (bicyclic) bond motifs is 2. The summed E-state index contributed by atoms with van der Waals surface area (Å²) in [7, 11) is 0. The van der Waals surface area contributed by atoms with Gasteiger partial charge in [0.05, 0.1) is 6.07 Å². The van der Waals surface area contributed by atoms with Crippen LogP contribution in [-0.2, 0) is 4.79 Å². The molecule has 0 amide bonds. The first-order valence-corrected chi connectivity index (χ1v) is 4.20. The minimum atomic E-state index is 0.260. The van der Waals surface area contributed by atoms with E-state index in [1.165, 1.54) is 0 Å². The Kier molecular flexibility index (Phi) is 1.45. The maximum Gasteiger partial charge on any atom is 0.123 e. The zero-order valence-corrected chi connectivity index (χ0v) is 6.36. The van der Waals surface area contributed by atoms with Gasteiger partial charge in [-0.2, -0.15) is 5.26 Å². The van der Waals surface area contributed by atoms with Gasteiger partial charge in [-0.3, -0.25) is 0 Å². The topological polar surface area (TPSA) is 40.9 Å². The van der Waals surface area contributed by atoms with Crippen LogP contribution >= 0.6 is 0 Å². The molecule has 58 valence electrons. The van der Waals surface area contributed by atoms with E-state index in [1.54, 1.807) is 0 Å². The molecule has 2 bridgehead atoms. The lowest BCUT2D eigenvalue weighted by Crippen LogP contribution is -2.17. The number of nitriles is 1. The second-order valence-corrected chi connectivity index (χ2v) is 3.76. The molecule has 2 aliphatic carbocycles. The van der Waals surface area contributed by atoms with Crippen LogP contribution in [0.2, 0.25) is 0 Å². The zero-order chi connectivity index (χ0) is 7.84. The second kappa shape index (κ2) is 2.34. The molecule has 2 rings (SSSR count). The van der Waals surface area contributed by atoms with Gasteiger partial charge >= 0.3 is 0 Å². The fourth-order valence-electron chi connectivity index (χ4n) is 2.64. The lowest BCUT2D eigenvalue weighted by Gasteiger charge is -2.18. The Balaban J connectivity index is 2.09. The minimum absolute atomic E-state index is 0.260. The highest BCUT2D eigenvalue weighted by atomic mass is 16.1. The normalized spacial score (nSPS) is 47.2. The van der Waals surface area contributed by atoms with Gasteiger partial charge in [-0.05, 0) is 31.1 Å². The Morgan fingerprint density at radius 1 is 1.27 bits per heavy atom. The summed E-state index contributed by atoms with van der Waals surface area (Å²) >= 11 is 0. The molecule has 2 aliphatic rings. The van der Waals surface area contributed by atoms with Crippen molar-refractivity contribution in [3.05, 3.63) is 0 Å². The number of hydrogen-bond donors (Lipinski definition) is 0. The molecule has 0 aliphatic heterocycles. The van der Waals surface area contributed by atoms with Crippen molar-refractivity contribution in [1.82, 2.24) is 0 Å². The highest BCUT2D eigenvalue weighted by molar-refractivity contribution is 5.55. The maximum atomic E-state index is 10.5. The minimum Gasteiger partial charge on any atom is -0.303 e. The first-order valence-electron chi connectivity index (χ1n) is 4.20.